The lowest BCUT2D eigenvalue weighted by Crippen LogP contribution is -2.37. The number of aliphatic hydroxyl groups excluding tert-OH is 1. The van der Waals surface area contributed by atoms with Crippen molar-refractivity contribution in [1.82, 2.24) is 5.32 Å². The van der Waals surface area contributed by atoms with Crippen LogP contribution < -0.4 is 10.1 Å². The van der Waals surface area contributed by atoms with E-state index in [1.165, 1.54) is 6.08 Å². The van der Waals surface area contributed by atoms with Gasteiger partial charge in [0, 0.05) is 24.3 Å². The number of ether oxygens (including phenoxy) is 1. The fourth-order valence-corrected chi connectivity index (χ4v) is 1.72. The highest BCUT2D eigenvalue weighted by Crippen LogP contribution is 2.20. The number of carbonyl (C=O) groups excluding carboxylic acids is 1. The van der Waals surface area contributed by atoms with E-state index < -0.39 is 0 Å². The van der Waals surface area contributed by atoms with Gasteiger partial charge in [-0.1, -0.05) is 18.6 Å². The van der Waals surface area contributed by atoms with Crippen LogP contribution in [0.1, 0.15) is 25.0 Å². The van der Waals surface area contributed by atoms with Crippen molar-refractivity contribution in [2.24, 2.45) is 5.92 Å². The maximum Gasteiger partial charge on any atom is 0.244 e. The van der Waals surface area contributed by atoms with Crippen LogP contribution in [0.5, 0.6) is 5.75 Å². The maximum atomic E-state index is 11.8. The highest BCUT2D eigenvalue weighted by Gasteiger charge is 2.12. The van der Waals surface area contributed by atoms with E-state index in [0.717, 1.165) is 16.9 Å². The lowest BCUT2D eigenvalue weighted by molar-refractivity contribution is -0.117. The van der Waals surface area contributed by atoms with Crippen molar-refractivity contribution in [3.05, 3.63) is 35.4 Å². The summed E-state index contributed by atoms with van der Waals surface area (Å²) >= 11 is 0. The number of hydrogen-bond donors (Lipinski definition) is 2. The summed E-state index contributed by atoms with van der Waals surface area (Å²) in [4.78, 5) is 11.8. The molecule has 1 aromatic rings. The van der Waals surface area contributed by atoms with Gasteiger partial charge in [-0.15, -0.1) is 0 Å². The quantitative estimate of drug-likeness (QED) is 0.783. The van der Waals surface area contributed by atoms with Crippen molar-refractivity contribution in [1.29, 1.82) is 0 Å². The Balaban J connectivity index is 2.72. The predicted octanol–water partition coefficient (Wildman–Crippen LogP) is 2.15. The van der Waals surface area contributed by atoms with E-state index in [1.807, 2.05) is 39.0 Å². The Morgan fingerprint density at radius 1 is 1.45 bits per heavy atom. The number of methoxy groups -OCH3 is 1. The van der Waals surface area contributed by atoms with Crippen molar-refractivity contribution in [2.75, 3.05) is 13.7 Å². The van der Waals surface area contributed by atoms with Crippen LogP contribution in [0.15, 0.2) is 24.3 Å². The van der Waals surface area contributed by atoms with Crippen LogP contribution in [0.2, 0.25) is 0 Å². The molecule has 1 rings (SSSR count). The summed E-state index contributed by atoms with van der Waals surface area (Å²) in [6.45, 7) is 5.80. The molecule has 4 heteroatoms. The van der Waals surface area contributed by atoms with Crippen LogP contribution in [0.4, 0.5) is 0 Å². The zero-order valence-corrected chi connectivity index (χ0v) is 12.5. The summed E-state index contributed by atoms with van der Waals surface area (Å²) in [6, 6.07) is 5.73. The Morgan fingerprint density at radius 3 is 2.75 bits per heavy atom. The van der Waals surface area contributed by atoms with Crippen molar-refractivity contribution in [3.8, 4) is 5.75 Å². The summed E-state index contributed by atoms with van der Waals surface area (Å²) in [5.41, 5.74) is 1.97. The van der Waals surface area contributed by atoms with Crippen molar-refractivity contribution < 1.29 is 14.6 Å². The van der Waals surface area contributed by atoms with E-state index in [-0.39, 0.29) is 24.5 Å². The molecule has 0 aliphatic carbocycles. The van der Waals surface area contributed by atoms with Gasteiger partial charge in [-0.05, 0) is 38.0 Å². The van der Waals surface area contributed by atoms with Crippen LogP contribution in [-0.4, -0.2) is 30.8 Å². The van der Waals surface area contributed by atoms with Gasteiger partial charge < -0.3 is 15.2 Å². The average Bonchev–Trinajstić information content (AvgIpc) is 2.44. The van der Waals surface area contributed by atoms with Crippen LogP contribution in [0.25, 0.3) is 6.08 Å². The number of amides is 1. The van der Waals surface area contributed by atoms with Gasteiger partial charge in [-0.2, -0.15) is 0 Å². The van der Waals surface area contributed by atoms with Gasteiger partial charge in [0.2, 0.25) is 5.91 Å². The van der Waals surface area contributed by atoms with Gasteiger partial charge in [0.05, 0.1) is 7.11 Å². The fourth-order valence-electron chi connectivity index (χ4n) is 1.72. The second kappa shape index (κ2) is 7.70. The van der Waals surface area contributed by atoms with Gasteiger partial charge in [0.15, 0.2) is 0 Å². The summed E-state index contributed by atoms with van der Waals surface area (Å²) in [7, 11) is 1.60. The molecule has 0 aliphatic rings. The first-order valence-electron chi connectivity index (χ1n) is 6.72. The topological polar surface area (TPSA) is 58.6 Å². The summed E-state index contributed by atoms with van der Waals surface area (Å²) < 4.78 is 5.25. The van der Waals surface area contributed by atoms with E-state index >= 15 is 0 Å². The molecule has 110 valence electrons. The van der Waals surface area contributed by atoms with Crippen molar-refractivity contribution in [2.45, 2.75) is 26.8 Å². The van der Waals surface area contributed by atoms with E-state index in [9.17, 15) is 4.79 Å². The van der Waals surface area contributed by atoms with E-state index in [4.69, 9.17) is 9.84 Å². The Bertz CT molecular complexity index is 483. The largest absolute Gasteiger partial charge is 0.496 e. The zero-order valence-electron chi connectivity index (χ0n) is 12.5. The van der Waals surface area contributed by atoms with Gasteiger partial charge in [-0.3, -0.25) is 4.79 Å². The molecule has 4 nitrogen and oxygen atoms in total. The van der Waals surface area contributed by atoms with Gasteiger partial charge in [0.1, 0.15) is 5.75 Å². The third-order valence-electron chi connectivity index (χ3n) is 3.31. The number of rotatable bonds is 6. The lowest BCUT2D eigenvalue weighted by atomic mass is 10.1. The van der Waals surface area contributed by atoms with E-state index in [1.54, 1.807) is 13.2 Å². The minimum Gasteiger partial charge on any atom is -0.496 e. The second-order valence-electron chi connectivity index (χ2n) is 5.04. The molecule has 0 saturated carbocycles. The monoisotopic (exact) mass is 277 g/mol. The molecular formula is C16H23NO3. The molecule has 0 fully saturated rings. The van der Waals surface area contributed by atoms with Crippen molar-refractivity contribution in [3.63, 3.8) is 0 Å². The number of aliphatic hydroxyl groups is 1. The van der Waals surface area contributed by atoms with Crippen LogP contribution in [0, 0.1) is 12.8 Å². The highest BCUT2D eigenvalue weighted by molar-refractivity contribution is 5.92. The molecule has 2 unspecified atom stereocenters. The van der Waals surface area contributed by atoms with Gasteiger partial charge in [-0.25, -0.2) is 0 Å². The minimum absolute atomic E-state index is 0.0286. The number of aryl methyl sites for hydroxylation is 1. The smallest absolute Gasteiger partial charge is 0.244 e. The Hall–Kier alpha value is -1.81. The molecule has 1 amide bonds. The first kappa shape index (κ1) is 16.2. The first-order valence-corrected chi connectivity index (χ1v) is 6.72. The number of carbonyl (C=O) groups is 1. The average molecular weight is 277 g/mol. The molecule has 0 heterocycles. The number of hydrogen-bond acceptors (Lipinski definition) is 3. The fraction of sp³-hybridized carbons (Fsp3) is 0.438. The molecule has 0 saturated heterocycles. The normalized spacial score (nSPS) is 14.1. The van der Waals surface area contributed by atoms with Crippen LogP contribution in [0.3, 0.4) is 0 Å². The van der Waals surface area contributed by atoms with Gasteiger partial charge >= 0.3 is 0 Å². The predicted molar refractivity (Wildman–Crippen MR) is 80.6 cm³/mol. The van der Waals surface area contributed by atoms with Crippen molar-refractivity contribution >= 4 is 12.0 Å². The standard InChI is InChI=1S/C16H23NO3/c1-11-5-7-15(20-4)14(9-11)6-8-16(19)17-13(3)12(2)10-18/h5-9,12-13,18H,10H2,1-4H3,(H,17,19)/b8-6+. The minimum atomic E-state index is -0.179. The third-order valence-corrected chi connectivity index (χ3v) is 3.31. The molecule has 0 aromatic heterocycles. The molecule has 2 atom stereocenters. The van der Waals surface area contributed by atoms with Gasteiger partial charge in [0.25, 0.3) is 0 Å². The Morgan fingerprint density at radius 2 is 2.15 bits per heavy atom. The zero-order chi connectivity index (χ0) is 15.1. The number of benzene rings is 1. The third kappa shape index (κ3) is 4.70. The Labute approximate surface area is 120 Å². The molecule has 0 spiro atoms. The molecular weight excluding hydrogens is 254 g/mol. The summed E-state index contributed by atoms with van der Waals surface area (Å²) in [5, 5.41) is 11.9. The number of nitrogens with one attached hydrogen (secondary N) is 1. The summed E-state index contributed by atoms with van der Waals surface area (Å²) in [5.74, 6) is 0.582. The summed E-state index contributed by atoms with van der Waals surface area (Å²) in [6.07, 6.45) is 3.22. The molecule has 0 aliphatic heterocycles. The second-order valence-corrected chi connectivity index (χ2v) is 5.04. The molecule has 1 aromatic carbocycles. The van der Waals surface area contributed by atoms with Crippen LogP contribution >= 0.6 is 0 Å². The van der Waals surface area contributed by atoms with E-state index in [2.05, 4.69) is 5.32 Å². The SMILES string of the molecule is COc1ccc(C)cc1/C=C/C(=O)NC(C)C(C)CO. The molecule has 0 bridgehead atoms. The molecule has 0 radical (unpaired) electrons. The highest BCUT2D eigenvalue weighted by atomic mass is 16.5. The molecule has 2 N–H and O–H groups in total. The first-order chi connectivity index (χ1) is 9.47. The lowest BCUT2D eigenvalue weighted by Gasteiger charge is -2.18. The maximum absolute atomic E-state index is 11.8. The molecule has 20 heavy (non-hydrogen) atoms. The van der Waals surface area contributed by atoms with E-state index in [0.29, 0.717) is 0 Å². The van der Waals surface area contributed by atoms with Crippen LogP contribution in [-0.2, 0) is 4.79 Å². The Kier molecular flexibility index (Phi) is 6.25.